The molecule has 0 bridgehead atoms. The summed E-state index contributed by atoms with van der Waals surface area (Å²) >= 11 is 0. The monoisotopic (exact) mass is 382 g/mol. The number of likely N-dealkylation sites (tertiary alicyclic amines) is 1. The molecule has 1 amide bonds. The lowest BCUT2D eigenvalue weighted by atomic mass is 9.96. The molecule has 2 aromatic heterocycles. The number of benzene rings is 1. The van der Waals surface area contributed by atoms with Gasteiger partial charge in [0.1, 0.15) is 6.33 Å². The van der Waals surface area contributed by atoms with Crippen LogP contribution in [0.4, 0.5) is 5.69 Å². The van der Waals surface area contributed by atoms with Crippen LogP contribution in [-0.2, 0) is 17.8 Å². The van der Waals surface area contributed by atoms with Crippen LogP contribution in [0.2, 0.25) is 0 Å². The van der Waals surface area contributed by atoms with E-state index >= 15 is 0 Å². The van der Waals surface area contributed by atoms with E-state index in [1.54, 1.807) is 4.68 Å². The number of nitrogens with one attached hydrogen (secondary N) is 1. The van der Waals surface area contributed by atoms with Crippen molar-refractivity contribution < 1.29 is 9.32 Å². The summed E-state index contributed by atoms with van der Waals surface area (Å²) in [4.78, 5) is 19.2. The molecule has 0 spiro atoms. The topological polar surface area (TPSA) is 115 Å². The fourth-order valence-corrected chi connectivity index (χ4v) is 3.27. The Morgan fingerprint density at radius 3 is 2.68 bits per heavy atom. The number of nitrogens with zero attached hydrogens (tertiary/aromatic N) is 7. The number of amides is 1. The Kier molecular flexibility index (Phi) is 5.38. The molecule has 3 aromatic rings. The Morgan fingerprint density at radius 2 is 2.04 bits per heavy atom. The summed E-state index contributed by atoms with van der Waals surface area (Å²) in [5, 5.41) is 18.1. The summed E-state index contributed by atoms with van der Waals surface area (Å²) in [6.45, 7) is 4.33. The zero-order chi connectivity index (χ0) is 19.3. The third-order valence-corrected chi connectivity index (χ3v) is 4.88. The fraction of sp³-hybridized carbons (Fsp3) is 0.444. The molecule has 0 saturated carbocycles. The molecular formula is C18H22N8O2. The number of anilines is 1. The smallest absolute Gasteiger partial charge is 0.227 e. The molecule has 3 heterocycles. The molecule has 1 aromatic carbocycles. The minimum absolute atomic E-state index is 0.00640. The zero-order valence-corrected chi connectivity index (χ0v) is 15.7. The second kappa shape index (κ2) is 8.26. The Labute approximate surface area is 161 Å². The molecule has 146 valence electrons. The molecule has 1 N–H and O–H groups in total. The van der Waals surface area contributed by atoms with Gasteiger partial charge in [-0.2, -0.15) is 4.98 Å². The number of carbonyl (C=O) groups excluding carboxylic acids is 1. The van der Waals surface area contributed by atoms with Gasteiger partial charge in [-0.05, 0) is 60.6 Å². The van der Waals surface area contributed by atoms with E-state index in [0.717, 1.165) is 43.7 Å². The number of carbonyl (C=O) groups is 1. The van der Waals surface area contributed by atoms with Gasteiger partial charge < -0.3 is 9.84 Å². The summed E-state index contributed by atoms with van der Waals surface area (Å²) in [5.74, 6) is 1.44. The normalized spacial score (nSPS) is 15.6. The van der Waals surface area contributed by atoms with E-state index in [0.29, 0.717) is 18.3 Å². The van der Waals surface area contributed by atoms with Crippen molar-refractivity contribution in [2.24, 2.45) is 5.92 Å². The van der Waals surface area contributed by atoms with E-state index in [4.69, 9.17) is 4.52 Å². The second-order valence-corrected chi connectivity index (χ2v) is 6.80. The van der Waals surface area contributed by atoms with E-state index in [-0.39, 0.29) is 11.8 Å². The minimum Gasteiger partial charge on any atom is -0.339 e. The van der Waals surface area contributed by atoms with Gasteiger partial charge >= 0.3 is 0 Å². The van der Waals surface area contributed by atoms with Gasteiger partial charge in [-0.3, -0.25) is 9.69 Å². The third-order valence-electron chi connectivity index (χ3n) is 4.88. The average molecular weight is 382 g/mol. The lowest BCUT2D eigenvalue weighted by molar-refractivity contribution is -0.121. The number of hydrogen-bond acceptors (Lipinski definition) is 8. The van der Waals surface area contributed by atoms with Crippen LogP contribution in [-0.4, -0.2) is 54.2 Å². The van der Waals surface area contributed by atoms with Crippen LogP contribution < -0.4 is 5.32 Å². The van der Waals surface area contributed by atoms with E-state index in [2.05, 4.69) is 35.9 Å². The SMILES string of the molecule is CCc1nc(CN2CCC(C(=O)Nc3ccc(-n4cnnn4)cc3)CC2)no1. The van der Waals surface area contributed by atoms with Crippen molar-refractivity contribution >= 4 is 11.6 Å². The zero-order valence-electron chi connectivity index (χ0n) is 15.7. The average Bonchev–Trinajstić information content (AvgIpc) is 3.41. The maximum absolute atomic E-state index is 12.6. The Morgan fingerprint density at radius 1 is 1.25 bits per heavy atom. The van der Waals surface area contributed by atoms with Crippen molar-refractivity contribution in [3.8, 4) is 5.69 Å². The number of piperidine rings is 1. The second-order valence-electron chi connectivity index (χ2n) is 6.80. The highest BCUT2D eigenvalue weighted by Crippen LogP contribution is 2.21. The van der Waals surface area contributed by atoms with Crippen molar-refractivity contribution in [3.63, 3.8) is 0 Å². The first kappa shape index (κ1) is 18.2. The largest absolute Gasteiger partial charge is 0.339 e. The number of tetrazole rings is 1. The standard InChI is InChI=1S/C18H22N8O2/c1-2-17-21-16(22-28-17)11-25-9-7-13(8-10-25)18(27)20-14-3-5-15(6-4-14)26-12-19-23-24-26/h3-6,12-13H,2,7-11H2,1H3,(H,20,27). The molecule has 10 nitrogen and oxygen atoms in total. The lowest BCUT2D eigenvalue weighted by Gasteiger charge is -2.30. The highest BCUT2D eigenvalue weighted by molar-refractivity contribution is 5.92. The van der Waals surface area contributed by atoms with Crippen molar-refractivity contribution in [1.82, 2.24) is 35.2 Å². The van der Waals surface area contributed by atoms with Gasteiger partial charge in [-0.1, -0.05) is 12.1 Å². The minimum atomic E-state index is 0.00640. The molecular weight excluding hydrogens is 360 g/mol. The van der Waals surface area contributed by atoms with Crippen LogP contribution in [0.5, 0.6) is 0 Å². The van der Waals surface area contributed by atoms with Crippen LogP contribution in [0.25, 0.3) is 5.69 Å². The fourth-order valence-electron chi connectivity index (χ4n) is 3.27. The summed E-state index contributed by atoms with van der Waals surface area (Å²) in [6, 6.07) is 7.44. The van der Waals surface area contributed by atoms with Crippen molar-refractivity contribution in [3.05, 3.63) is 42.3 Å². The number of aryl methyl sites for hydroxylation is 1. The molecule has 1 fully saturated rings. The van der Waals surface area contributed by atoms with Crippen molar-refractivity contribution in [1.29, 1.82) is 0 Å². The van der Waals surface area contributed by atoms with Gasteiger partial charge in [-0.25, -0.2) is 4.68 Å². The Hall–Kier alpha value is -3.14. The molecule has 1 saturated heterocycles. The molecule has 0 radical (unpaired) electrons. The number of hydrogen-bond donors (Lipinski definition) is 1. The molecule has 10 heteroatoms. The van der Waals surface area contributed by atoms with Gasteiger partial charge in [-0.15, -0.1) is 5.10 Å². The predicted octanol–water partition coefficient (Wildman–Crippen LogP) is 1.46. The lowest BCUT2D eigenvalue weighted by Crippen LogP contribution is -2.38. The van der Waals surface area contributed by atoms with Gasteiger partial charge in [0.25, 0.3) is 0 Å². The highest BCUT2D eigenvalue weighted by Gasteiger charge is 2.25. The summed E-state index contributed by atoms with van der Waals surface area (Å²) < 4.78 is 6.71. The van der Waals surface area contributed by atoms with Crippen LogP contribution in [0.15, 0.2) is 35.1 Å². The summed E-state index contributed by atoms with van der Waals surface area (Å²) in [7, 11) is 0. The highest BCUT2D eigenvalue weighted by atomic mass is 16.5. The van der Waals surface area contributed by atoms with Crippen molar-refractivity contribution in [2.45, 2.75) is 32.7 Å². The van der Waals surface area contributed by atoms with Crippen LogP contribution >= 0.6 is 0 Å². The van der Waals surface area contributed by atoms with E-state index in [9.17, 15) is 4.79 Å². The van der Waals surface area contributed by atoms with E-state index in [1.165, 1.54) is 6.33 Å². The first-order chi connectivity index (χ1) is 13.7. The Balaban J connectivity index is 1.27. The van der Waals surface area contributed by atoms with Gasteiger partial charge in [0, 0.05) is 18.0 Å². The first-order valence-electron chi connectivity index (χ1n) is 9.39. The van der Waals surface area contributed by atoms with Crippen LogP contribution in [0, 0.1) is 5.92 Å². The molecule has 1 aliphatic rings. The third kappa shape index (κ3) is 4.22. The summed E-state index contributed by atoms with van der Waals surface area (Å²) in [5.41, 5.74) is 1.60. The van der Waals surface area contributed by atoms with Gasteiger partial charge in [0.05, 0.1) is 12.2 Å². The van der Waals surface area contributed by atoms with Crippen LogP contribution in [0.3, 0.4) is 0 Å². The van der Waals surface area contributed by atoms with Gasteiger partial charge in [0.2, 0.25) is 11.8 Å². The predicted molar refractivity (Wildman–Crippen MR) is 99.5 cm³/mol. The van der Waals surface area contributed by atoms with Crippen LogP contribution in [0.1, 0.15) is 31.5 Å². The van der Waals surface area contributed by atoms with E-state index in [1.807, 2.05) is 31.2 Å². The number of aromatic nitrogens is 6. The van der Waals surface area contributed by atoms with E-state index < -0.39 is 0 Å². The maximum atomic E-state index is 12.6. The quantitative estimate of drug-likeness (QED) is 0.681. The van der Waals surface area contributed by atoms with Crippen molar-refractivity contribution in [2.75, 3.05) is 18.4 Å². The molecule has 4 rings (SSSR count). The summed E-state index contributed by atoms with van der Waals surface area (Å²) in [6.07, 6.45) is 3.89. The molecule has 0 atom stereocenters. The molecule has 0 aliphatic carbocycles. The maximum Gasteiger partial charge on any atom is 0.227 e. The first-order valence-corrected chi connectivity index (χ1v) is 9.39. The molecule has 1 aliphatic heterocycles. The molecule has 0 unspecified atom stereocenters. The molecule has 28 heavy (non-hydrogen) atoms. The Bertz CT molecular complexity index is 898. The van der Waals surface area contributed by atoms with Gasteiger partial charge in [0.15, 0.2) is 5.82 Å². The number of rotatable bonds is 6.